The van der Waals surface area contributed by atoms with Crippen LogP contribution in [-0.4, -0.2) is 20.9 Å². The van der Waals surface area contributed by atoms with E-state index in [-0.39, 0.29) is 5.91 Å². The van der Waals surface area contributed by atoms with Gasteiger partial charge in [0.2, 0.25) is 0 Å². The molecule has 2 aromatic carbocycles. The summed E-state index contributed by atoms with van der Waals surface area (Å²) in [6.07, 6.45) is 1.59. The fraction of sp³-hybridized carbons (Fsp3) is 0.0625. The number of hydrogen-bond donors (Lipinski definition) is 3. The van der Waals surface area contributed by atoms with Crippen LogP contribution in [0.4, 0.5) is 0 Å². The molecular formula is C16H12N4O3. The lowest BCUT2D eigenvalue weighted by molar-refractivity contribution is 0.0951. The van der Waals surface area contributed by atoms with Crippen molar-refractivity contribution in [1.29, 1.82) is 0 Å². The predicted molar refractivity (Wildman–Crippen MR) is 84.1 cm³/mol. The molecule has 3 N–H and O–H groups in total. The summed E-state index contributed by atoms with van der Waals surface area (Å²) in [5, 5.41) is 2.84. The highest BCUT2D eigenvalue weighted by molar-refractivity contribution is 5.97. The van der Waals surface area contributed by atoms with Gasteiger partial charge in [0.25, 0.3) is 5.91 Å². The van der Waals surface area contributed by atoms with Gasteiger partial charge in [-0.3, -0.25) is 9.78 Å². The number of aromatic amines is 2. The van der Waals surface area contributed by atoms with Crippen LogP contribution in [0.5, 0.6) is 0 Å². The number of nitrogens with zero attached hydrogens (tertiary/aromatic N) is 1. The molecule has 114 valence electrons. The molecule has 0 fully saturated rings. The maximum Gasteiger partial charge on any atom is 0.417 e. The number of hydrogen-bond acceptors (Lipinski definition) is 4. The summed E-state index contributed by atoms with van der Waals surface area (Å²) in [4.78, 5) is 33.0. The molecule has 1 amide bonds. The lowest BCUT2D eigenvalue weighted by Gasteiger charge is -2.05. The number of nitrogens with one attached hydrogen (secondary N) is 3. The topological polar surface area (TPSA) is 104 Å². The van der Waals surface area contributed by atoms with Crippen molar-refractivity contribution in [2.75, 3.05) is 0 Å². The van der Waals surface area contributed by atoms with E-state index >= 15 is 0 Å². The monoisotopic (exact) mass is 308 g/mol. The molecule has 0 aliphatic carbocycles. The summed E-state index contributed by atoms with van der Waals surface area (Å²) in [7, 11) is 0. The molecule has 2 aromatic heterocycles. The van der Waals surface area contributed by atoms with E-state index in [4.69, 9.17) is 4.42 Å². The quantitative estimate of drug-likeness (QED) is 0.538. The van der Waals surface area contributed by atoms with Gasteiger partial charge in [0, 0.05) is 12.1 Å². The Morgan fingerprint density at radius 2 is 2.09 bits per heavy atom. The third-order valence-corrected chi connectivity index (χ3v) is 3.62. The van der Waals surface area contributed by atoms with Crippen molar-refractivity contribution < 1.29 is 9.21 Å². The van der Waals surface area contributed by atoms with E-state index < -0.39 is 5.76 Å². The Labute approximate surface area is 129 Å². The average molecular weight is 308 g/mol. The zero-order valence-electron chi connectivity index (χ0n) is 11.9. The summed E-state index contributed by atoms with van der Waals surface area (Å²) in [6, 6.07) is 10.6. The zero-order valence-corrected chi connectivity index (χ0v) is 11.9. The number of carbonyl (C=O) groups is 1. The molecule has 0 saturated carbocycles. The van der Waals surface area contributed by atoms with Crippen LogP contribution in [0.2, 0.25) is 0 Å². The highest BCUT2D eigenvalue weighted by Gasteiger charge is 2.08. The number of fused-ring (bicyclic) bond motifs is 2. The number of benzene rings is 2. The van der Waals surface area contributed by atoms with E-state index in [0.717, 1.165) is 16.6 Å². The third kappa shape index (κ3) is 2.48. The number of amides is 1. The van der Waals surface area contributed by atoms with Gasteiger partial charge in [0.1, 0.15) is 0 Å². The van der Waals surface area contributed by atoms with Crippen LogP contribution in [0.1, 0.15) is 15.9 Å². The van der Waals surface area contributed by atoms with Crippen LogP contribution < -0.4 is 11.1 Å². The van der Waals surface area contributed by atoms with E-state index in [1.165, 1.54) is 0 Å². The number of carbonyl (C=O) groups excluding carboxylic acids is 1. The minimum Gasteiger partial charge on any atom is -0.408 e. The maximum absolute atomic E-state index is 12.2. The molecule has 0 spiro atoms. The highest BCUT2D eigenvalue weighted by Crippen LogP contribution is 2.14. The summed E-state index contributed by atoms with van der Waals surface area (Å²) in [5.74, 6) is -0.675. The van der Waals surface area contributed by atoms with Crippen LogP contribution in [-0.2, 0) is 6.54 Å². The van der Waals surface area contributed by atoms with Gasteiger partial charge in [-0.15, -0.1) is 0 Å². The summed E-state index contributed by atoms with van der Waals surface area (Å²) >= 11 is 0. The minimum atomic E-state index is -0.492. The molecule has 0 atom stereocenters. The number of imidazole rings is 1. The lowest BCUT2D eigenvalue weighted by Crippen LogP contribution is -2.22. The van der Waals surface area contributed by atoms with E-state index in [1.54, 1.807) is 36.7 Å². The Bertz CT molecular complexity index is 1070. The number of H-pyrrole nitrogens is 2. The summed E-state index contributed by atoms with van der Waals surface area (Å²) in [6.45, 7) is 0.338. The molecule has 0 radical (unpaired) electrons. The Balaban J connectivity index is 1.52. The fourth-order valence-corrected chi connectivity index (χ4v) is 2.46. The van der Waals surface area contributed by atoms with Gasteiger partial charge < -0.3 is 14.7 Å². The first-order valence-corrected chi connectivity index (χ1v) is 7.02. The molecule has 23 heavy (non-hydrogen) atoms. The molecular weight excluding hydrogens is 296 g/mol. The van der Waals surface area contributed by atoms with Crippen molar-refractivity contribution >= 4 is 28.0 Å². The first kappa shape index (κ1) is 13.3. The standard InChI is InChI=1S/C16H12N4O3/c21-15(10-2-4-11-13(6-10)19-8-18-11)17-7-9-1-3-12-14(5-9)23-16(22)20-12/h1-6,8H,7H2,(H,17,21)(H,18,19)(H,20,22). The molecule has 0 aliphatic rings. The predicted octanol–water partition coefficient (Wildman–Crippen LogP) is 1.93. The molecule has 0 unspecified atom stereocenters. The molecule has 7 heteroatoms. The zero-order chi connectivity index (χ0) is 15.8. The van der Waals surface area contributed by atoms with E-state index in [0.29, 0.717) is 23.2 Å². The Morgan fingerprint density at radius 1 is 1.17 bits per heavy atom. The molecule has 4 rings (SSSR count). The minimum absolute atomic E-state index is 0.183. The largest absolute Gasteiger partial charge is 0.417 e. The molecule has 2 heterocycles. The van der Waals surface area contributed by atoms with E-state index in [1.807, 2.05) is 6.07 Å². The van der Waals surface area contributed by atoms with Crippen molar-refractivity contribution in [3.05, 3.63) is 64.4 Å². The smallest absolute Gasteiger partial charge is 0.408 e. The summed E-state index contributed by atoms with van der Waals surface area (Å²) in [5.41, 5.74) is 4.13. The molecule has 0 saturated heterocycles. The summed E-state index contributed by atoms with van der Waals surface area (Å²) < 4.78 is 5.00. The van der Waals surface area contributed by atoms with E-state index in [9.17, 15) is 9.59 Å². The van der Waals surface area contributed by atoms with Crippen molar-refractivity contribution in [1.82, 2.24) is 20.3 Å². The normalized spacial score (nSPS) is 11.1. The fourth-order valence-electron chi connectivity index (χ4n) is 2.46. The lowest BCUT2D eigenvalue weighted by atomic mass is 10.1. The van der Waals surface area contributed by atoms with Gasteiger partial charge in [0.15, 0.2) is 5.58 Å². The van der Waals surface area contributed by atoms with Gasteiger partial charge in [0.05, 0.1) is 22.9 Å². The number of oxazole rings is 1. The van der Waals surface area contributed by atoms with Gasteiger partial charge in [-0.05, 0) is 35.9 Å². The third-order valence-electron chi connectivity index (χ3n) is 3.62. The first-order valence-electron chi connectivity index (χ1n) is 7.02. The van der Waals surface area contributed by atoms with Gasteiger partial charge in [-0.1, -0.05) is 6.07 Å². The SMILES string of the molecule is O=C(NCc1ccc2[nH]c(=O)oc2c1)c1ccc2nc[nH]c2c1. The van der Waals surface area contributed by atoms with Gasteiger partial charge in [-0.2, -0.15) is 0 Å². The van der Waals surface area contributed by atoms with Crippen molar-refractivity contribution in [3.63, 3.8) is 0 Å². The first-order chi connectivity index (χ1) is 11.2. The van der Waals surface area contributed by atoms with Gasteiger partial charge >= 0.3 is 5.76 Å². The van der Waals surface area contributed by atoms with Crippen molar-refractivity contribution in [3.8, 4) is 0 Å². The molecule has 0 bridgehead atoms. The second kappa shape index (κ2) is 5.13. The van der Waals surface area contributed by atoms with Crippen molar-refractivity contribution in [2.24, 2.45) is 0 Å². The van der Waals surface area contributed by atoms with Crippen molar-refractivity contribution in [2.45, 2.75) is 6.54 Å². The number of rotatable bonds is 3. The van der Waals surface area contributed by atoms with Crippen LogP contribution in [0.25, 0.3) is 22.1 Å². The Morgan fingerprint density at radius 3 is 3.00 bits per heavy atom. The average Bonchev–Trinajstić information content (AvgIpc) is 3.16. The Kier molecular flexibility index (Phi) is 2.97. The number of aromatic nitrogens is 3. The molecule has 4 aromatic rings. The molecule has 7 nitrogen and oxygen atoms in total. The maximum atomic E-state index is 12.2. The second-order valence-electron chi connectivity index (χ2n) is 5.16. The van der Waals surface area contributed by atoms with Crippen LogP contribution in [0.15, 0.2) is 51.9 Å². The van der Waals surface area contributed by atoms with Crippen LogP contribution in [0, 0.1) is 0 Å². The van der Waals surface area contributed by atoms with Crippen LogP contribution >= 0.6 is 0 Å². The Hall–Kier alpha value is -3.35. The van der Waals surface area contributed by atoms with E-state index in [2.05, 4.69) is 20.3 Å². The van der Waals surface area contributed by atoms with Gasteiger partial charge in [-0.25, -0.2) is 9.78 Å². The van der Waals surface area contributed by atoms with Crippen LogP contribution in [0.3, 0.4) is 0 Å². The molecule has 0 aliphatic heterocycles. The second-order valence-corrected chi connectivity index (χ2v) is 5.16. The highest BCUT2D eigenvalue weighted by atomic mass is 16.4.